The summed E-state index contributed by atoms with van der Waals surface area (Å²) in [6, 6.07) is 4.43. The minimum Gasteiger partial charge on any atom is -0.277 e. The van der Waals surface area contributed by atoms with Crippen LogP contribution in [-0.2, 0) is 10.0 Å². The largest absolute Gasteiger partial charge is 0.278 e. The third kappa shape index (κ3) is 2.64. The van der Waals surface area contributed by atoms with Crippen LogP contribution in [0.3, 0.4) is 0 Å². The van der Waals surface area contributed by atoms with Gasteiger partial charge in [0.1, 0.15) is 0 Å². The van der Waals surface area contributed by atoms with Gasteiger partial charge in [0.15, 0.2) is 5.03 Å². The molecule has 1 aromatic carbocycles. The standard InChI is InChI=1S/C9H6BrCl2N3O2S/c10-5-1-2-6(9(12)8(5)11)15-18(16,17)7-3-4-13-14-7/h1-4,15H,(H,13,14). The molecule has 0 radical (unpaired) electrons. The second kappa shape index (κ2) is 5.08. The number of hydrogen-bond acceptors (Lipinski definition) is 3. The highest BCUT2D eigenvalue weighted by Gasteiger charge is 2.18. The normalized spacial score (nSPS) is 11.5. The summed E-state index contributed by atoms with van der Waals surface area (Å²) < 4.78 is 26.7. The van der Waals surface area contributed by atoms with Crippen LogP contribution in [0, 0.1) is 0 Å². The van der Waals surface area contributed by atoms with Crippen LogP contribution >= 0.6 is 39.1 Å². The average molecular weight is 371 g/mol. The lowest BCUT2D eigenvalue weighted by Gasteiger charge is -2.09. The number of nitrogens with one attached hydrogen (secondary N) is 2. The van der Waals surface area contributed by atoms with Crippen LogP contribution in [0.5, 0.6) is 0 Å². The first-order valence-corrected chi connectivity index (χ1v) is 7.61. The molecule has 0 aliphatic rings. The molecule has 1 aromatic heterocycles. The van der Waals surface area contributed by atoms with E-state index in [1.165, 1.54) is 18.3 Å². The number of nitrogens with zero attached hydrogens (tertiary/aromatic N) is 1. The van der Waals surface area contributed by atoms with E-state index in [9.17, 15) is 8.42 Å². The Bertz CT molecular complexity index is 673. The van der Waals surface area contributed by atoms with E-state index in [0.717, 1.165) is 0 Å². The molecule has 0 fully saturated rings. The van der Waals surface area contributed by atoms with Gasteiger partial charge in [-0.3, -0.25) is 9.82 Å². The molecular weight excluding hydrogens is 365 g/mol. The van der Waals surface area contributed by atoms with Crippen LogP contribution < -0.4 is 4.72 Å². The van der Waals surface area contributed by atoms with E-state index in [2.05, 4.69) is 30.8 Å². The van der Waals surface area contributed by atoms with Gasteiger partial charge < -0.3 is 0 Å². The van der Waals surface area contributed by atoms with Gasteiger partial charge in [-0.15, -0.1) is 0 Å². The lowest BCUT2D eigenvalue weighted by atomic mass is 10.3. The Morgan fingerprint density at radius 2 is 1.94 bits per heavy atom. The minimum absolute atomic E-state index is 0.0578. The number of rotatable bonds is 3. The molecule has 96 valence electrons. The van der Waals surface area contributed by atoms with Crippen molar-refractivity contribution < 1.29 is 8.42 Å². The van der Waals surface area contributed by atoms with Crippen molar-refractivity contribution in [3.8, 4) is 0 Å². The fourth-order valence-electron chi connectivity index (χ4n) is 1.20. The van der Waals surface area contributed by atoms with Crippen molar-refractivity contribution in [3.05, 3.63) is 38.9 Å². The van der Waals surface area contributed by atoms with Gasteiger partial charge in [-0.1, -0.05) is 23.2 Å². The molecule has 2 N–H and O–H groups in total. The predicted octanol–water partition coefficient (Wildman–Crippen LogP) is 3.28. The first-order chi connectivity index (χ1) is 8.42. The van der Waals surface area contributed by atoms with Crippen molar-refractivity contribution in [1.29, 1.82) is 0 Å². The molecule has 0 amide bonds. The van der Waals surface area contributed by atoms with E-state index in [0.29, 0.717) is 4.47 Å². The van der Waals surface area contributed by atoms with E-state index in [-0.39, 0.29) is 20.8 Å². The van der Waals surface area contributed by atoms with Crippen molar-refractivity contribution in [2.45, 2.75) is 5.03 Å². The number of aromatic nitrogens is 2. The summed E-state index contributed by atoms with van der Waals surface area (Å²) in [5.41, 5.74) is 0.194. The molecular formula is C9H6BrCl2N3O2S. The minimum atomic E-state index is -3.75. The molecule has 0 aliphatic heterocycles. The zero-order valence-electron chi connectivity index (χ0n) is 8.62. The molecule has 1 heterocycles. The summed E-state index contributed by atoms with van der Waals surface area (Å²) in [5, 5.41) is 6.23. The smallest absolute Gasteiger partial charge is 0.277 e. The van der Waals surface area contributed by atoms with Gasteiger partial charge in [0.25, 0.3) is 10.0 Å². The fraction of sp³-hybridized carbons (Fsp3) is 0. The van der Waals surface area contributed by atoms with Crippen molar-refractivity contribution in [2.24, 2.45) is 0 Å². The van der Waals surface area contributed by atoms with E-state index < -0.39 is 10.0 Å². The first-order valence-electron chi connectivity index (χ1n) is 4.57. The summed E-state index contributed by atoms with van der Waals surface area (Å²) in [7, 11) is -3.75. The van der Waals surface area contributed by atoms with Gasteiger partial charge in [-0.25, -0.2) is 0 Å². The van der Waals surface area contributed by atoms with Gasteiger partial charge in [0.05, 0.1) is 21.9 Å². The number of hydrogen-bond donors (Lipinski definition) is 2. The number of benzene rings is 1. The van der Waals surface area contributed by atoms with Crippen molar-refractivity contribution in [1.82, 2.24) is 10.2 Å². The van der Waals surface area contributed by atoms with Crippen LogP contribution in [-0.4, -0.2) is 18.6 Å². The van der Waals surface area contributed by atoms with Gasteiger partial charge in [-0.05, 0) is 34.1 Å². The van der Waals surface area contributed by atoms with Crippen LogP contribution in [0.25, 0.3) is 0 Å². The summed E-state index contributed by atoms with van der Waals surface area (Å²) in [5.74, 6) is 0. The molecule has 9 heteroatoms. The van der Waals surface area contributed by atoms with Crippen molar-refractivity contribution in [3.63, 3.8) is 0 Å². The highest BCUT2D eigenvalue weighted by molar-refractivity contribution is 9.10. The highest BCUT2D eigenvalue weighted by atomic mass is 79.9. The summed E-state index contributed by atoms with van der Waals surface area (Å²) in [6.45, 7) is 0. The monoisotopic (exact) mass is 369 g/mol. The molecule has 0 atom stereocenters. The third-order valence-electron chi connectivity index (χ3n) is 2.04. The maximum atomic E-state index is 11.9. The first kappa shape index (κ1) is 13.7. The van der Waals surface area contributed by atoms with Gasteiger partial charge in [0, 0.05) is 4.47 Å². The Morgan fingerprint density at radius 3 is 2.56 bits per heavy atom. The quantitative estimate of drug-likeness (QED) is 0.814. The highest BCUT2D eigenvalue weighted by Crippen LogP contribution is 2.36. The second-order valence-corrected chi connectivity index (χ2v) is 6.51. The topological polar surface area (TPSA) is 74.8 Å². The molecule has 2 aromatic rings. The van der Waals surface area contributed by atoms with Gasteiger partial charge in [-0.2, -0.15) is 13.5 Å². The van der Waals surface area contributed by atoms with E-state index in [4.69, 9.17) is 23.2 Å². The van der Waals surface area contributed by atoms with E-state index >= 15 is 0 Å². The van der Waals surface area contributed by atoms with Gasteiger partial charge in [0.2, 0.25) is 0 Å². The summed E-state index contributed by atoms with van der Waals surface area (Å²) >= 11 is 15.0. The lowest BCUT2D eigenvalue weighted by molar-refractivity contribution is 0.597. The van der Waals surface area contributed by atoms with Crippen LogP contribution in [0.15, 0.2) is 33.9 Å². The average Bonchev–Trinajstić information content (AvgIpc) is 2.84. The molecule has 18 heavy (non-hydrogen) atoms. The van der Waals surface area contributed by atoms with Crippen molar-refractivity contribution >= 4 is 54.8 Å². The van der Waals surface area contributed by atoms with E-state index in [1.807, 2.05) is 0 Å². The summed E-state index contributed by atoms with van der Waals surface area (Å²) in [4.78, 5) is 0. The fourth-order valence-corrected chi connectivity index (χ4v) is 3.06. The molecule has 0 saturated heterocycles. The van der Waals surface area contributed by atoms with Crippen molar-refractivity contribution in [2.75, 3.05) is 4.72 Å². The molecule has 2 rings (SSSR count). The van der Waals surface area contributed by atoms with E-state index in [1.54, 1.807) is 6.07 Å². The Hall–Kier alpha value is -0.760. The van der Waals surface area contributed by atoms with Crippen LogP contribution in [0.1, 0.15) is 0 Å². The summed E-state index contributed by atoms with van der Waals surface area (Å²) in [6.07, 6.45) is 1.34. The van der Waals surface area contributed by atoms with Crippen LogP contribution in [0.4, 0.5) is 5.69 Å². The molecule has 0 saturated carbocycles. The van der Waals surface area contributed by atoms with Crippen LogP contribution in [0.2, 0.25) is 10.0 Å². The number of H-pyrrole nitrogens is 1. The second-order valence-electron chi connectivity index (χ2n) is 3.25. The Morgan fingerprint density at radius 1 is 1.22 bits per heavy atom. The molecule has 0 spiro atoms. The van der Waals surface area contributed by atoms with Gasteiger partial charge >= 0.3 is 0 Å². The third-order valence-corrected chi connectivity index (χ3v) is 5.11. The molecule has 0 bridgehead atoms. The number of aromatic amines is 1. The maximum Gasteiger partial charge on any atom is 0.278 e. The zero-order valence-corrected chi connectivity index (χ0v) is 12.5. The molecule has 5 nitrogen and oxygen atoms in total. The Kier molecular flexibility index (Phi) is 3.86. The Balaban J connectivity index is 2.39. The predicted molar refractivity (Wildman–Crippen MR) is 73.6 cm³/mol. The SMILES string of the molecule is O=S(=O)(Nc1ccc(Br)c(Cl)c1Cl)c1ccn[nH]1. The lowest BCUT2D eigenvalue weighted by Crippen LogP contribution is -2.13. The number of halogens is 3. The maximum absolute atomic E-state index is 11.9. The molecule has 0 aliphatic carbocycles. The Labute approximate surface area is 122 Å². The zero-order chi connectivity index (χ0) is 13.3. The number of anilines is 1. The molecule has 0 unspecified atom stereocenters. The number of sulfonamides is 1.